The minimum atomic E-state index is -0.875. The molecule has 0 fully saturated rings. The van der Waals surface area contributed by atoms with Gasteiger partial charge in [-0.15, -0.1) is 11.3 Å². The maximum absolute atomic E-state index is 13.7. The highest BCUT2D eigenvalue weighted by Gasteiger charge is 2.45. The molecule has 0 radical (unpaired) electrons. The summed E-state index contributed by atoms with van der Waals surface area (Å²) in [5.74, 6) is -0.0558. The van der Waals surface area contributed by atoms with Crippen LogP contribution in [-0.2, 0) is 4.79 Å². The molecule has 8 nitrogen and oxygen atoms in total. The summed E-state index contributed by atoms with van der Waals surface area (Å²) in [5, 5.41) is 11.7. The lowest BCUT2D eigenvalue weighted by atomic mass is 9.94. The smallest absolute Gasteiger partial charge is 0.294 e. The topological polar surface area (TPSA) is 98.2 Å². The molecular formula is C25H22N2O6S. The van der Waals surface area contributed by atoms with Gasteiger partial charge in [0.25, 0.3) is 5.91 Å². The number of amides is 1. The molecule has 174 valence electrons. The molecule has 3 heterocycles. The lowest BCUT2D eigenvalue weighted by Crippen LogP contribution is -2.31. The molecule has 5 rings (SSSR count). The number of ketones is 1. The number of carbonyl (C=O) groups is 2. The summed E-state index contributed by atoms with van der Waals surface area (Å²) >= 11 is 1.24. The molecule has 0 saturated heterocycles. The third kappa shape index (κ3) is 3.58. The van der Waals surface area contributed by atoms with E-state index in [0.717, 1.165) is 5.01 Å². The summed E-state index contributed by atoms with van der Waals surface area (Å²) in [6.45, 7) is 4.38. The van der Waals surface area contributed by atoms with Crippen LogP contribution in [0.1, 0.15) is 32.0 Å². The number of nitrogens with zero attached hydrogens (tertiary/aromatic N) is 2. The number of hydrogen-bond acceptors (Lipinski definition) is 8. The third-order valence-electron chi connectivity index (χ3n) is 5.78. The van der Waals surface area contributed by atoms with Crippen molar-refractivity contribution in [3.05, 3.63) is 74.9 Å². The van der Waals surface area contributed by atoms with Gasteiger partial charge >= 0.3 is 0 Å². The van der Waals surface area contributed by atoms with E-state index in [9.17, 15) is 14.7 Å². The Kier molecular flexibility index (Phi) is 5.49. The van der Waals surface area contributed by atoms with Crippen LogP contribution in [-0.4, -0.2) is 42.1 Å². The second-order valence-electron chi connectivity index (χ2n) is 7.92. The Balaban J connectivity index is 1.67. The average molecular weight is 479 g/mol. The number of rotatable bonds is 5. The van der Waals surface area contributed by atoms with Gasteiger partial charge in [0.2, 0.25) is 5.78 Å². The summed E-state index contributed by atoms with van der Waals surface area (Å²) in [6, 6.07) is 11.3. The highest BCUT2D eigenvalue weighted by molar-refractivity contribution is 7.14. The largest absolute Gasteiger partial charge is 0.503 e. The van der Waals surface area contributed by atoms with Gasteiger partial charge in [-0.2, -0.15) is 0 Å². The molecule has 1 unspecified atom stereocenters. The van der Waals surface area contributed by atoms with E-state index in [1.54, 1.807) is 56.5 Å². The monoisotopic (exact) mass is 478 g/mol. The fourth-order valence-electron chi connectivity index (χ4n) is 4.28. The van der Waals surface area contributed by atoms with Gasteiger partial charge in [-0.3, -0.25) is 14.5 Å². The van der Waals surface area contributed by atoms with Crippen LogP contribution in [0.15, 0.2) is 53.8 Å². The van der Waals surface area contributed by atoms with Crippen molar-refractivity contribution >= 4 is 28.7 Å². The molecule has 0 spiro atoms. The van der Waals surface area contributed by atoms with Gasteiger partial charge in [0, 0.05) is 11.8 Å². The van der Waals surface area contributed by atoms with Crippen molar-refractivity contribution in [2.75, 3.05) is 25.2 Å². The summed E-state index contributed by atoms with van der Waals surface area (Å²) in [7, 11) is 1.54. The number of benzene rings is 2. The number of carbonyl (C=O) groups excluding carboxylic acids is 2. The number of fused-ring (bicyclic) bond motifs is 1. The molecule has 0 aliphatic carbocycles. The first kappa shape index (κ1) is 22.0. The van der Waals surface area contributed by atoms with Crippen molar-refractivity contribution in [3.8, 4) is 17.2 Å². The number of Topliss-reactive ketones (excluding diaryl/α,β-unsaturated/α-hetero) is 1. The molecule has 9 heteroatoms. The molecule has 2 aromatic carbocycles. The molecule has 3 aromatic rings. The zero-order chi connectivity index (χ0) is 24.0. The first-order valence-corrected chi connectivity index (χ1v) is 11.5. The number of thiazole rings is 1. The molecule has 2 aliphatic heterocycles. The van der Waals surface area contributed by atoms with Crippen LogP contribution in [0.25, 0.3) is 0 Å². The Morgan fingerprint density at radius 2 is 1.91 bits per heavy atom. The molecule has 1 atom stereocenters. The van der Waals surface area contributed by atoms with Gasteiger partial charge in [-0.05, 0) is 43.7 Å². The van der Waals surface area contributed by atoms with Crippen LogP contribution < -0.4 is 19.1 Å². The van der Waals surface area contributed by atoms with Gasteiger partial charge < -0.3 is 19.3 Å². The van der Waals surface area contributed by atoms with Crippen molar-refractivity contribution in [3.63, 3.8) is 0 Å². The van der Waals surface area contributed by atoms with Gasteiger partial charge in [-0.25, -0.2) is 4.98 Å². The molecule has 1 amide bonds. The highest BCUT2D eigenvalue weighted by atomic mass is 32.1. The van der Waals surface area contributed by atoms with Crippen LogP contribution in [0.4, 0.5) is 5.69 Å². The highest BCUT2D eigenvalue weighted by Crippen LogP contribution is 2.45. The standard InChI is InChI=1S/C25H22N2O6S/c1-13-24(34-14(2)26-13)22(28)20-21(15-5-4-6-17(11-15)31-3)27(25(30)23(20)29)16-7-8-18-19(12-16)33-10-9-32-18/h4-8,11-12,21,29H,9-10H2,1-3H3. The SMILES string of the molecule is COc1cccc(C2C(C(=O)c3sc(C)nc3C)=C(O)C(=O)N2c2ccc3c(c2)OCCO3)c1. The second-order valence-corrected chi connectivity index (χ2v) is 9.12. The van der Waals surface area contributed by atoms with Crippen LogP contribution in [0, 0.1) is 13.8 Å². The zero-order valence-electron chi connectivity index (χ0n) is 18.8. The van der Waals surface area contributed by atoms with E-state index in [1.807, 2.05) is 6.92 Å². The minimum Gasteiger partial charge on any atom is -0.503 e. The van der Waals surface area contributed by atoms with Gasteiger partial charge in [0.15, 0.2) is 17.3 Å². The Bertz CT molecular complexity index is 1340. The predicted octanol–water partition coefficient (Wildman–Crippen LogP) is 4.32. The van der Waals surface area contributed by atoms with Crippen LogP contribution >= 0.6 is 11.3 Å². The third-order valence-corrected chi connectivity index (χ3v) is 6.85. The Morgan fingerprint density at radius 1 is 1.15 bits per heavy atom. The van der Waals surface area contributed by atoms with E-state index >= 15 is 0 Å². The van der Waals surface area contributed by atoms with Gasteiger partial charge in [0.1, 0.15) is 19.0 Å². The zero-order valence-corrected chi connectivity index (χ0v) is 19.6. The number of aryl methyl sites for hydroxylation is 2. The van der Waals surface area contributed by atoms with Gasteiger partial charge in [0.05, 0.1) is 34.3 Å². The summed E-state index contributed by atoms with van der Waals surface area (Å²) in [6.07, 6.45) is 0. The quantitative estimate of drug-likeness (QED) is 0.545. The summed E-state index contributed by atoms with van der Waals surface area (Å²) < 4.78 is 16.7. The van der Waals surface area contributed by atoms with Crippen molar-refractivity contribution in [1.82, 2.24) is 4.98 Å². The van der Waals surface area contributed by atoms with Crippen molar-refractivity contribution in [2.24, 2.45) is 0 Å². The van der Waals surface area contributed by atoms with Crippen molar-refractivity contribution < 1.29 is 28.9 Å². The molecular weight excluding hydrogens is 456 g/mol. The fraction of sp³-hybridized carbons (Fsp3) is 0.240. The van der Waals surface area contributed by atoms with Gasteiger partial charge in [-0.1, -0.05) is 12.1 Å². The van der Waals surface area contributed by atoms with E-state index in [0.29, 0.717) is 52.3 Å². The van der Waals surface area contributed by atoms with Crippen LogP contribution in [0.2, 0.25) is 0 Å². The summed E-state index contributed by atoms with van der Waals surface area (Å²) in [5.41, 5.74) is 1.64. The lowest BCUT2D eigenvalue weighted by Gasteiger charge is -2.28. The van der Waals surface area contributed by atoms with E-state index in [1.165, 1.54) is 16.2 Å². The minimum absolute atomic E-state index is 0.0000999. The number of anilines is 1. The average Bonchev–Trinajstić information content (AvgIpc) is 3.33. The van der Waals surface area contributed by atoms with Crippen LogP contribution in [0.3, 0.4) is 0 Å². The molecule has 0 saturated carbocycles. The normalized spacial score (nSPS) is 17.3. The predicted molar refractivity (Wildman–Crippen MR) is 126 cm³/mol. The number of methoxy groups -OCH3 is 1. The first-order valence-electron chi connectivity index (χ1n) is 10.7. The number of hydrogen-bond donors (Lipinski definition) is 1. The Morgan fingerprint density at radius 3 is 2.62 bits per heavy atom. The van der Waals surface area contributed by atoms with E-state index in [2.05, 4.69) is 4.98 Å². The second kappa shape index (κ2) is 8.49. The maximum atomic E-state index is 13.7. The Hall–Kier alpha value is -3.85. The molecule has 34 heavy (non-hydrogen) atoms. The maximum Gasteiger partial charge on any atom is 0.294 e. The molecule has 2 aliphatic rings. The van der Waals surface area contributed by atoms with Crippen molar-refractivity contribution in [1.29, 1.82) is 0 Å². The van der Waals surface area contributed by atoms with E-state index in [-0.39, 0.29) is 5.57 Å². The number of ether oxygens (including phenoxy) is 3. The van der Waals surface area contributed by atoms with E-state index < -0.39 is 23.5 Å². The molecule has 1 N–H and O–H groups in total. The number of aliphatic hydroxyl groups is 1. The number of aliphatic hydroxyl groups excluding tert-OH is 1. The van der Waals surface area contributed by atoms with E-state index in [4.69, 9.17) is 14.2 Å². The molecule has 0 bridgehead atoms. The number of aromatic nitrogens is 1. The molecule has 1 aromatic heterocycles. The van der Waals surface area contributed by atoms with Crippen LogP contribution in [0.5, 0.6) is 17.2 Å². The van der Waals surface area contributed by atoms with Crippen molar-refractivity contribution in [2.45, 2.75) is 19.9 Å². The lowest BCUT2D eigenvalue weighted by molar-refractivity contribution is -0.117. The fourth-order valence-corrected chi connectivity index (χ4v) is 5.15. The first-order chi connectivity index (χ1) is 16.4. The summed E-state index contributed by atoms with van der Waals surface area (Å²) in [4.78, 5) is 33.2. The Labute approximate surface area is 200 Å².